The van der Waals surface area contributed by atoms with E-state index < -0.39 is 5.60 Å². The third-order valence-corrected chi connectivity index (χ3v) is 7.74. The van der Waals surface area contributed by atoms with Gasteiger partial charge in [0.2, 0.25) is 5.95 Å². The molecule has 2 atom stereocenters. The third kappa shape index (κ3) is 7.03. The second kappa shape index (κ2) is 12.4. The van der Waals surface area contributed by atoms with Crippen LogP contribution in [0.1, 0.15) is 74.9 Å². The summed E-state index contributed by atoms with van der Waals surface area (Å²) in [6, 6.07) is 8.65. The summed E-state index contributed by atoms with van der Waals surface area (Å²) in [4.78, 5) is 33.4. The number of rotatable bonds is 6. The van der Waals surface area contributed by atoms with Crippen LogP contribution in [0.15, 0.2) is 47.9 Å². The van der Waals surface area contributed by atoms with E-state index in [0.717, 1.165) is 58.6 Å². The first-order valence-electron chi connectivity index (χ1n) is 14.6. The molecule has 1 aromatic carbocycles. The van der Waals surface area contributed by atoms with Gasteiger partial charge in [0.15, 0.2) is 0 Å². The minimum absolute atomic E-state index is 0.0231. The van der Waals surface area contributed by atoms with Crippen LogP contribution in [0.5, 0.6) is 0 Å². The fourth-order valence-corrected chi connectivity index (χ4v) is 5.92. The van der Waals surface area contributed by atoms with Crippen molar-refractivity contribution in [3.05, 3.63) is 71.1 Å². The van der Waals surface area contributed by atoms with Crippen LogP contribution in [-0.2, 0) is 16.0 Å². The Morgan fingerprint density at radius 3 is 2.81 bits per heavy atom. The minimum atomic E-state index is -0.517. The van der Waals surface area contributed by atoms with Crippen molar-refractivity contribution in [2.75, 3.05) is 25.4 Å². The van der Waals surface area contributed by atoms with Gasteiger partial charge in [0.1, 0.15) is 18.0 Å². The first kappa shape index (κ1) is 29.4. The van der Waals surface area contributed by atoms with Crippen LogP contribution in [0.3, 0.4) is 0 Å². The second-order valence-electron chi connectivity index (χ2n) is 12.2. The maximum Gasteiger partial charge on any atom is 0.410 e. The Kier molecular flexibility index (Phi) is 8.70. The number of anilines is 1. The number of amides is 1. The van der Waals surface area contributed by atoms with Gasteiger partial charge in [0.25, 0.3) is 0 Å². The predicted molar refractivity (Wildman–Crippen MR) is 160 cm³/mol. The Balaban J connectivity index is 1.33. The highest BCUT2D eigenvalue weighted by molar-refractivity contribution is 6.03. The summed E-state index contributed by atoms with van der Waals surface area (Å²) in [6.07, 6.45) is 7.10. The van der Waals surface area contributed by atoms with Gasteiger partial charge in [0.05, 0.1) is 17.1 Å². The molecule has 42 heavy (non-hydrogen) atoms. The summed E-state index contributed by atoms with van der Waals surface area (Å²) in [6.45, 7) is 9.31. The lowest BCUT2D eigenvalue weighted by molar-refractivity contribution is 0.0140. The van der Waals surface area contributed by atoms with Crippen LogP contribution in [0.2, 0.25) is 0 Å². The van der Waals surface area contributed by atoms with Crippen LogP contribution in [-0.4, -0.2) is 57.0 Å². The number of likely N-dealkylation sites (tertiary alicyclic amines) is 1. The molecule has 1 saturated heterocycles. The first-order chi connectivity index (χ1) is 20.1. The zero-order valence-corrected chi connectivity index (χ0v) is 24.8. The molecule has 0 bridgehead atoms. The monoisotopic (exact) mass is 574 g/mol. The molecule has 1 amide bonds. The number of fused-ring (bicyclic) bond motifs is 1. The number of hydrogen-bond acceptors (Lipinski definition) is 8. The molecule has 3 aromatic rings. The van der Waals surface area contributed by atoms with Gasteiger partial charge in [-0.05, 0) is 94.5 Å². The first-order valence-corrected chi connectivity index (χ1v) is 14.6. The Bertz CT molecular complexity index is 1460. The number of aromatic nitrogens is 3. The fourth-order valence-electron chi connectivity index (χ4n) is 5.92. The summed E-state index contributed by atoms with van der Waals surface area (Å²) < 4.78 is 20.0. The summed E-state index contributed by atoms with van der Waals surface area (Å²) in [5.74, 6) is 0.195. The topological polar surface area (TPSA) is 116 Å². The molecule has 9 nitrogen and oxygen atoms in total. The van der Waals surface area contributed by atoms with E-state index in [1.165, 1.54) is 6.07 Å². The van der Waals surface area contributed by atoms with Gasteiger partial charge in [-0.15, -0.1) is 0 Å². The van der Waals surface area contributed by atoms with Crippen LogP contribution in [0.4, 0.5) is 15.1 Å². The molecule has 0 spiro atoms. The molecule has 1 aliphatic carbocycles. The lowest BCUT2D eigenvalue weighted by atomic mass is 9.78. The lowest BCUT2D eigenvalue weighted by Crippen LogP contribution is -2.43. The van der Waals surface area contributed by atoms with Gasteiger partial charge in [-0.2, -0.15) is 0 Å². The van der Waals surface area contributed by atoms with E-state index in [0.29, 0.717) is 38.5 Å². The SMILES string of the molecule is Cc1nc(N)nc2c1/C(=N/OCC[C@H]1CCCN(C(=O)OC(C)(C)C)C1)CC(c1ccc(F)cc1-c1cccnc1)C2. The number of hydrogen-bond donors (Lipinski definition) is 1. The number of carbonyl (C=O) groups is 1. The average Bonchev–Trinajstić information content (AvgIpc) is 2.94. The summed E-state index contributed by atoms with van der Waals surface area (Å²) in [5.41, 5.74) is 11.3. The number of carbonyl (C=O) groups excluding carboxylic acids is 1. The molecule has 0 radical (unpaired) electrons. The molecule has 2 aliphatic rings. The quantitative estimate of drug-likeness (QED) is 0.281. The van der Waals surface area contributed by atoms with E-state index in [9.17, 15) is 9.18 Å². The number of nitrogen functional groups attached to an aromatic ring is 1. The second-order valence-corrected chi connectivity index (χ2v) is 12.2. The largest absolute Gasteiger partial charge is 0.444 e. The van der Waals surface area contributed by atoms with Crippen molar-refractivity contribution >= 4 is 17.8 Å². The van der Waals surface area contributed by atoms with Gasteiger partial charge < -0.3 is 20.2 Å². The van der Waals surface area contributed by atoms with E-state index >= 15 is 0 Å². The van der Waals surface area contributed by atoms with E-state index in [-0.39, 0.29) is 23.8 Å². The van der Waals surface area contributed by atoms with E-state index in [4.69, 9.17) is 15.3 Å². The van der Waals surface area contributed by atoms with Crippen LogP contribution < -0.4 is 5.73 Å². The number of pyridine rings is 1. The maximum absolute atomic E-state index is 14.4. The van der Waals surface area contributed by atoms with E-state index in [1.54, 1.807) is 23.4 Å². The van der Waals surface area contributed by atoms with Crippen molar-refractivity contribution in [1.82, 2.24) is 19.9 Å². The number of halogens is 1. The van der Waals surface area contributed by atoms with Crippen molar-refractivity contribution < 1.29 is 18.8 Å². The predicted octanol–water partition coefficient (Wildman–Crippen LogP) is 6.06. The highest BCUT2D eigenvalue weighted by Crippen LogP contribution is 2.38. The molecule has 0 saturated carbocycles. The molecule has 1 fully saturated rings. The Morgan fingerprint density at radius 1 is 1.21 bits per heavy atom. The van der Waals surface area contributed by atoms with Crippen molar-refractivity contribution in [2.24, 2.45) is 11.1 Å². The molecule has 1 aliphatic heterocycles. The Morgan fingerprint density at radius 2 is 2.05 bits per heavy atom. The molecule has 2 N–H and O–H groups in total. The lowest BCUT2D eigenvalue weighted by Gasteiger charge is -2.34. The Hall–Kier alpha value is -4.08. The molecular weight excluding hydrogens is 535 g/mol. The standard InChI is InChI=1S/C32H39FN6O3/c1-20-29-27(37-30(34)36-20)15-23(25-10-9-24(33)17-26(25)22-8-5-12-35-18-22)16-28(29)38-41-14-11-21-7-6-13-39(19-21)31(40)42-32(2,3)4/h5,8-10,12,17-18,21,23H,6-7,11,13-16,19H2,1-4H3,(H2,34,36,37)/b38-28+/t21-,23?/m1/s1. The zero-order valence-electron chi connectivity index (χ0n) is 24.8. The minimum Gasteiger partial charge on any atom is -0.444 e. The highest BCUT2D eigenvalue weighted by atomic mass is 19.1. The van der Waals surface area contributed by atoms with E-state index in [1.807, 2.05) is 45.9 Å². The number of benzene rings is 1. The summed E-state index contributed by atoms with van der Waals surface area (Å²) in [7, 11) is 0. The zero-order chi connectivity index (χ0) is 29.9. The van der Waals surface area contributed by atoms with E-state index in [2.05, 4.69) is 20.1 Å². The van der Waals surface area contributed by atoms with Crippen LogP contribution >= 0.6 is 0 Å². The van der Waals surface area contributed by atoms with Crippen molar-refractivity contribution in [3.8, 4) is 11.1 Å². The third-order valence-electron chi connectivity index (χ3n) is 7.74. The average molecular weight is 575 g/mol. The van der Waals surface area contributed by atoms with Crippen LogP contribution in [0.25, 0.3) is 11.1 Å². The number of nitrogens with two attached hydrogens (primary N) is 1. The molecule has 2 aromatic heterocycles. The van der Waals surface area contributed by atoms with Crippen molar-refractivity contribution in [3.63, 3.8) is 0 Å². The Labute approximate surface area is 246 Å². The molecule has 3 heterocycles. The normalized spacial score (nSPS) is 19.8. The summed E-state index contributed by atoms with van der Waals surface area (Å²) >= 11 is 0. The molecule has 1 unspecified atom stereocenters. The number of piperidine rings is 1. The number of nitrogens with zero attached hydrogens (tertiary/aromatic N) is 5. The summed E-state index contributed by atoms with van der Waals surface area (Å²) in [5, 5.41) is 4.60. The van der Waals surface area contributed by atoms with Gasteiger partial charge in [-0.3, -0.25) is 4.98 Å². The van der Waals surface area contributed by atoms with Gasteiger partial charge in [-0.1, -0.05) is 17.3 Å². The van der Waals surface area contributed by atoms with Crippen molar-refractivity contribution in [2.45, 2.75) is 71.3 Å². The van der Waals surface area contributed by atoms with Crippen LogP contribution in [0, 0.1) is 18.7 Å². The number of aryl methyl sites for hydroxylation is 1. The highest BCUT2D eigenvalue weighted by Gasteiger charge is 2.31. The molecule has 5 rings (SSSR count). The molecule has 222 valence electrons. The molecular formula is C32H39FN6O3. The number of oxime groups is 1. The van der Waals surface area contributed by atoms with Gasteiger partial charge in [-0.25, -0.2) is 19.2 Å². The van der Waals surface area contributed by atoms with Gasteiger partial charge >= 0.3 is 6.09 Å². The van der Waals surface area contributed by atoms with Crippen molar-refractivity contribution in [1.29, 1.82) is 0 Å². The fraction of sp³-hybridized carbons (Fsp3) is 0.469. The smallest absolute Gasteiger partial charge is 0.410 e. The number of ether oxygens (including phenoxy) is 1. The maximum atomic E-state index is 14.4. The van der Waals surface area contributed by atoms with Gasteiger partial charge in [0, 0.05) is 43.0 Å². The molecule has 10 heteroatoms.